The molecule has 1 rings (SSSR count). The zero-order valence-corrected chi connectivity index (χ0v) is 13.0. The van der Waals surface area contributed by atoms with Crippen molar-refractivity contribution in [2.24, 2.45) is 0 Å². The van der Waals surface area contributed by atoms with E-state index in [4.69, 9.17) is 14.3 Å². The molecule has 1 N–H and O–H groups in total. The molecule has 2 atom stereocenters. The standard InChI is InChI=1S/C13H28O3Si/c1-13(2,3)17(4,5)16-12-7-6-10-15-11(12)8-9-14/h11-12,14H,6-10H2,1-5H3/t11-,12-/m1/s1. The van der Waals surface area contributed by atoms with Crippen LogP contribution in [-0.4, -0.2) is 38.8 Å². The lowest BCUT2D eigenvalue weighted by atomic mass is 10.0. The lowest BCUT2D eigenvalue weighted by Crippen LogP contribution is -2.49. The minimum absolute atomic E-state index is 0.0860. The van der Waals surface area contributed by atoms with Crippen LogP contribution in [0.15, 0.2) is 0 Å². The van der Waals surface area contributed by atoms with Crippen LogP contribution in [0.4, 0.5) is 0 Å². The quantitative estimate of drug-likeness (QED) is 0.790. The Labute approximate surface area is 107 Å². The van der Waals surface area contributed by atoms with Gasteiger partial charge in [0.1, 0.15) is 0 Å². The number of aliphatic hydroxyl groups is 1. The van der Waals surface area contributed by atoms with Gasteiger partial charge in [-0.1, -0.05) is 20.8 Å². The zero-order valence-electron chi connectivity index (χ0n) is 12.0. The fourth-order valence-electron chi connectivity index (χ4n) is 1.90. The molecule has 0 amide bonds. The van der Waals surface area contributed by atoms with Crippen molar-refractivity contribution in [1.82, 2.24) is 0 Å². The summed E-state index contributed by atoms with van der Waals surface area (Å²) in [6, 6.07) is 0. The van der Waals surface area contributed by atoms with Gasteiger partial charge in [0.15, 0.2) is 8.32 Å². The lowest BCUT2D eigenvalue weighted by Gasteiger charge is -2.42. The van der Waals surface area contributed by atoms with Gasteiger partial charge < -0.3 is 14.3 Å². The number of ether oxygens (including phenoxy) is 1. The molecule has 0 radical (unpaired) electrons. The molecular weight excluding hydrogens is 232 g/mol. The van der Waals surface area contributed by atoms with Crippen molar-refractivity contribution in [3.63, 3.8) is 0 Å². The molecular formula is C13H28O3Si. The fraction of sp³-hybridized carbons (Fsp3) is 1.00. The molecule has 0 aromatic heterocycles. The molecule has 17 heavy (non-hydrogen) atoms. The summed E-state index contributed by atoms with van der Waals surface area (Å²) in [4.78, 5) is 0. The Kier molecular flexibility index (Phi) is 5.19. The van der Waals surface area contributed by atoms with E-state index in [1.165, 1.54) is 0 Å². The van der Waals surface area contributed by atoms with E-state index >= 15 is 0 Å². The topological polar surface area (TPSA) is 38.7 Å². The molecule has 1 aliphatic rings. The van der Waals surface area contributed by atoms with E-state index in [2.05, 4.69) is 33.9 Å². The predicted molar refractivity (Wildman–Crippen MR) is 72.7 cm³/mol. The number of hydrogen-bond acceptors (Lipinski definition) is 3. The summed E-state index contributed by atoms with van der Waals surface area (Å²) in [5, 5.41) is 9.30. The molecule has 4 heteroatoms. The van der Waals surface area contributed by atoms with E-state index in [1.807, 2.05) is 0 Å². The first kappa shape index (κ1) is 15.2. The maximum atomic E-state index is 9.07. The van der Waals surface area contributed by atoms with Crippen molar-refractivity contribution in [3.8, 4) is 0 Å². The Morgan fingerprint density at radius 3 is 2.53 bits per heavy atom. The van der Waals surface area contributed by atoms with Crippen molar-refractivity contribution in [2.45, 2.75) is 70.4 Å². The van der Waals surface area contributed by atoms with Gasteiger partial charge in [-0.3, -0.25) is 0 Å². The molecule has 1 saturated heterocycles. The van der Waals surface area contributed by atoms with Crippen LogP contribution >= 0.6 is 0 Å². The van der Waals surface area contributed by atoms with Gasteiger partial charge in [-0.05, 0) is 37.4 Å². The minimum Gasteiger partial charge on any atom is -0.411 e. The highest BCUT2D eigenvalue weighted by Gasteiger charge is 2.41. The molecule has 1 fully saturated rings. The van der Waals surface area contributed by atoms with E-state index in [0.717, 1.165) is 19.4 Å². The second kappa shape index (κ2) is 5.82. The molecule has 0 aromatic carbocycles. The third kappa shape index (κ3) is 4.05. The van der Waals surface area contributed by atoms with E-state index in [1.54, 1.807) is 0 Å². The zero-order chi connectivity index (χ0) is 13.1. The first-order chi connectivity index (χ1) is 7.78. The summed E-state index contributed by atoms with van der Waals surface area (Å²) >= 11 is 0. The molecule has 3 nitrogen and oxygen atoms in total. The number of rotatable bonds is 4. The molecule has 0 spiro atoms. The van der Waals surface area contributed by atoms with Crippen molar-refractivity contribution in [2.75, 3.05) is 13.2 Å². The lowest BCUT2D eigenvalue weighted by molar-refractivity contribution is -0.0758. The van der Waals surface area contributed by atoms with Crippen LogP contribution in [0.2, 0.25) is 18.1 Å². The van der Waals surface area contributed by atoms with Gasteiger partial charge in [0, 0.05) is 13.2 Å². The minimum atomic E-state index is -1.72. The van der Waals surface area contributed by atoms with Crippen LogP contribution in [-0.2, 0) is 9.16 Å². The van der Waals surface area contributed by atoms with Crippen LogP contribution in [0.1, 0.15) is 40.0 Å². The van der Waals surface area contributed by atoms with Crippen molar-refractivity contribution in [3.05, 3.63) is 0 Å². The molecule has 1 aliphatic heterocycles. The molecule has 1 heterocycles. The first-order valence-corrected chi connectivity index (χ1v) is 9.59. The van der Waals surface area contributed by atoms with Gasteiger partial charge in [0.05, 0.1) is 12.2 Å². The van der Waals surface area contributed by atoms with Gasteiger partial charge in [0.2, 0.25) is 0 Å². The maximum absolute atomic E-state index is 9.07. The first-order valence-electron chi connectivity index (χ1n) is 6.68. The van der Waals surface area contributed by atoms with Gasteiger partial charge >= 0.3 is 0 Å². The summed E-state index contributed by atoms with van der Waals surface area (Å²) in [6.45, 7) is 12.3. The van der Waals surface area contributed by atoms with Crippen molar-refractivity contribution >= 4 is 8.32 Å². The number of aliphatic hydroxyl groups excluding tert-OH is 1. The average molecular weight is 260 g/mol. The Bertz CT molecular complexity index is 233. The van der Waals surface area contributed by atoms with E-state index in [-0.39, 0.29) is 23.9 Å². The summed E-state index contributed by atoms with van der Waals surface area (Å²) in [6.07, 6.45) is 3.09. The molecule has 102 valence electrons. The fourth-order valence-corrected chi connectivity index (χ4v) is 3.28. The van der Waals surface area contributed by atoms with Crippen molar-refractivity contribution in [1.29, 1.82) is 0 Å². The van der Waals surface area contributed by atoms with Crippen LogP contribution in [0, 0.1) is 0 Å². The molecule has 0 saturated carbocycles. The molecule has 0 bridgehead atoms. The SMILES string of the molecule is CC(C)(C)[Si](C)(C)O[C@@H]1CCCO[C@@H]1CCO. The normalized spacial score (nSPS) is 27.2. The molecule has 0 aliphatic carbocycles. The molecule has 0 unspecified atom stereocenters. The average Bonchev–Trinajstić information content (AvgIpc) is 2.19. The van der Waals surface area contributed by atoms with Gasteiger partial charge in [-0.25, -0.2) is 0 Å². The monoisotopic (exact) mass is 260 g/mol. The summed E-state index contributed by atoms with van der Waals surface area (Å²) in [7, 11) is -1.72. The van der Waals surface area contributed by atoms with E-state index in [9.17, 15) is 0 Å². The highest BCUT2D eigenvalue weighted by molar-refractivity contribution is 6.74. The second-order valence-corrected chi connectivity index (χ2v) is 11.2. The van der Waals surface area contributed by atoms with Gasteiger partial charge in [-0.2, -0.15) is 0 Å². The Balaban J connectivity index is 2.64. The van der Waals surface area contributed by atoms with Crippen LogP contribution in [0.3, 0.4) is 0 Å². The second-order valence-electron chi connectivity index (χ2n) is 6.48. The van der Waals surface area contributed by atoms with Gasteiger partial charge in [-0.15, -0.1) is 0 Å². The maximum Gasteiger partial charge on any atom is 0.192 e. The van der Waals surface area contributed by atoms with Crippen LogP contribution in [0.5, 0.6) is 0 Å². The Hall–Kier alpha value is 0.0969. The summed E-state index contributed by atoms with van der Waals surface area (Å²) in [5.41, 5.74) is 0. The van der Waals surface area contributed by atoms with Crippen molar-refractivity contribution < 1.29 is 14.3 Å². The third-order valence-electron chi connectivity index (χ3n) is 4.05. The van der Waals surface area contributed by atoms with Crippen LogP contribution in [0.25, 0.3) is 0 Å². The molecule has 0 aromatic rings. The Morgan fingerprint density at radius 2 is 2.00 bits per heavy atom. The van der Waals surface area contributed by atoms with E-state index < -0.39 is 8.32 Å². The summed E-state index contributed by atoms with van der Waals surface area (Å²) in [5.74, 6) is 0. The van der Waals surface area contributed by atoms with E-state index in [0.29, 0.717) is 6.42 Å². The highest BCUT2D eigenvalue weighted by Crippen LogP contribution is 2.39. The van der Waals surface area contributed by atoms with Crippen LogP contribution < -0.4 is 0 Å². The van der Waals surface area contributed by atoms with Gasteiger partial charge in [0.25, 0.3) is 0 Å². The smallest absolute Gasteiger partial charge is 0.192 e. The summed E-state index contributed by atoms with van der Waals surface area (Å²) < 4.78 is 12.1. The number of hydrogen-bond donors (Lipinski definition) is 1. The third-order valence-corrected chi connectivity index (χ3v) is 8.55. The highest BCUT2D eigenvalue weighted by atomic mass is 28.4. The predicted octanol–water partition coefficient (Wildman–Crippen LogP) is 2.94. The Morgan fingerprint density at radius 1 is 1.35 bits per heavy atom. The largest absolute Gasteiger partial charge is 0.411 e.